The number of nitrogens with zero attached hydrogens (tertiary/aromatic N) is 4. The standard InChI is InChI=1S/C14H12N4O3/c1-20-11-4-2-3-10(7-11)9-18-13(17-21-14(18)19)12-8-15-5-6-16-12/h2-8H,9H2,1H3. The molecule has 0 N–H and O–H groups in total. The van der Waals surface area contributed by atoms with Gasteiger partial charge in [0, 0.05) is 12.4 Å². The molecular formula is C14H12N4O3. The molecule has 0 aliphatic rings. The van der Waals surface area contributed by atoms with Gasteiger partial charge in [-0.05, 0) is 17.7 Å². The van der Waals surface area contributed by atoms with Crippen LogP contribution in [0.25, 0.3) is 11.5 Å². The summed E-state index contributed by atoms with van der Waals surface area (Å²) in [6.45, 7) is 0.311. The molecule has 21 heavy (non-hydrogen) atoms. The van der Waals surface area contributed by atoms with Gasteiger partial charge in [0.05, 0.1) is 19.9 Å². The molecule has 2 aromatic heterocycles. The first-order chi connectivity index (χ1) is 10.3. The second-order valence-electron chi connectivity index (χ2n) is 4.30. The Morgan fingerprint density at radius 3 is 3.00 bits per heavy atom. The van der Waals surface area contributed by atoms with Crippen LogP contribution in [0.1, 0.15) is 5.56 Å². The first kappa shape index (κ1) is 13.0. The Bertz CT molecular complexity index is 795. The molecule has 2 heterocycles. The van der Waals surface area contributed by atoms with Crippen LogP contribution >= 0.6 is 0 Å². The van der Waals surface area contributed by atoms with Gasteiger partial charge in [-0.25, -0.2) is 9.78 Å². The minimum atomic E-state index is -0.543. The Morgan fingerprint density at radius 2 is 2.24 bits per heavy atom. The number of rotatable bonds is 4. The Morgan fingerprint density at radius 1 is 1.33 bits per heavy atom. The van der Waals surface area contributed by atoms with Crippen molar-refractivity contribution in [1.29, 1.82) is 0 Å². The number of aromatic nitrogens is 4. The molecule has 106 valence electrons. The highest BCUT2D eigenvalue weighted by atomic mass is 16.5. The number of hydrogen-bond acceptors (Lipinski definition) is 6. The van der Waals surface area contributed by atoms with Gasteiger partial charge in [0.2, 0.25) is 5.82 Å². The van der Waals surface area contributed by atoms with Crippen LogP contribution in [-0.4, -0.2) is 26.8 Å². The fraction of sp³-hybridized carbons (Fsp3) is 0.143. The molecule has 0 fully saturated rings. The summed E-state index contributed by atoms with van der Waals surface area (Å²) in [6, 6.07) is 7.43. The number of ether oxygens (including phenoxy) is 1. The fourth-order valence-corrected chi connectivity index (χ4v) is 1.96. The molecule has 3 aromatic rings. The molecule has 0 amide bonds. The van der Waals surface area contributed by atoms with Crippen molar-refractivity contribution in [2.45, 2.75) is 6.54 Å². The normalized spacial score (nSPS) is 10.5. The van der Waals surface area contributed by atoms with Gasteiger partial charge in [0.1, 0.15) is 11.4 Å². The van der Waals surface area contributed by atoms with Crippen molar-refractivity contribution in [1.82, 2.24) is 19.7 Å². The van der Waals surface area contributed by atoms with Crippen LogP contribution in [0.2, 0.25) is 0 Å². The SMILES string of the molecule is COc1cccc(Cn2c(-c3cnccn3)noc2=O)c1. The van der Waals surface area contributed by atoms with Gasteiger partial charge < -0.3 is 4.74 Å². The average Bonchev–Trinajstić information content (AvgIpc) is 2.89. The Hall–Kier alpha value is -2.96. The zero-order valence-electron chi connectivity index (χ0n) is 11.3. The maximum atomic E-state index is 11.8. The summed E-state index contributed by atoms with van der Waals surface area (Å²) < 4.78 is 11.3. The lowest BCUT2D eigenvalue weighted by molar-refractivity contribution is 0.378. The zero-order valence-corrected chi connectivity index (χ0v) is 11.3. The quantitative estimate of drug-likeness (QED) is 0.719. The van der Waals surface area contributed by atoms with Crippen LogP contribution < -0.4 is 10.5 Å². The number of hydrogen-bond donors (Lipinski definition) is 0. The van der Waals surface area contributed by atoms with Gasteiger partial charge >= 0.3 is 5.76 Å². The van der Waals surface area contributed by atoms with E-state index in [9.17, 15) is 4.79 Å². The van der Waals surface area contributed by atoms with E-state index in [0.717, 1.165) is 11.3 Å². The molecule has 0 radical (unpaired) electrons. The monoisotopic (exact) mass is 284 g/mol. The molecule has 0 saturated heterocycles. The van der Waals surface area contributed by atoms with Crippen LogP contribution in [0.4, 0.5) is 0 Å². The van der Waals surface area contributed by atoms with Crippen LogP contribution in [0.15, 0.2) is 52.2 Å². The van der Waals surface area contributed by atoms with E-state index in [4.69, 9.17) is 9.26 Å². The van der Waals surface area contributed by atoms with Crippen molar-refractivity contribution in [3.05, 3.63) is 59.0 Å². The average molecular weight is 284 g/mol. The minimum absolute atomic E-state index is 0.311. The third-order valence-corrected chi connectivity index (χ3v) is 2.95. The predicted molar refractivity (Wildman–Crippen MR) is 73.9 cm³/mol. The van der Waals surface area contributed by atoms with Crippen molar-refractivity contribution in [2.24, 2.45) is 0 Å². The summed E-state index contributed by atoms with van der Waals surface area (Å²) in [5.74, 6) is 0.521. The molecule has 0 aliphatic carbocycles. The summed E-state index contributed by atoms with van der Waals surface area (Å²) in [5, 5.41) is 3.77. The second kappa shape index (κ2) is 5.58. The summed E-state index contributed by atoms with van der Waals surface area (Å²) in [4.78, 5) is 19.9. The van der Waals surface area contributed by atoms with E-state index in [0.29, 0.717) is 18.1 Å². The lowest BCUT2D eigenvalue weighted by Crippen LogP contribution is -2.16. The summed E-state index contributed by atoms with van der Waals surface area (Å²) >= 11 is 0. The fourth-order valence-electron chi connectivity index (χ4n) is 1.96. The van der Waals surface area contributed by atoms with Gasteiger partial charge in [-0.1, -0.05) is 17.3 Å². The highest BCUT2D eigenvalue weighted by Gasteiger charge is 2.14. The van der Waals surface area contributed by atoms with Crippen LogP contribution in [0.5, 0.6) is 5.75 Å². The Labute approximate surface area is 119 Å². The maximum Gasteiger partial charge on any atom is 0.442 e. The highest BCUT2D eigenvalue weighted by molar-refractivity contribution is 5.46. The van der Waals surface area contributed by atoms with E-state index in [1.807, 2.05) is 24.3 Å². The van der Waals surface area contributed by atoms with Crippen LogP contribution in [-0.2, 0) is 6.54 Å². The lowest BCUT2D eigenvalue weighted by atomic mass is 10.2. The van der Waals surface area contributed by atoms with Gasteiger partial charge in [0.25, 0.3) is 0 Å². The van der Waals surface area contributed by atoms with E-state index in [2.05, 4.69) is 15.1 Å². The third-order valence-electron chi connectivity index (χ3n) is 2.95. The van der Waals surface area contributed by atoms with Crippen molar-refractivity contribution >= 4 is 0 Å². The molecule has 7 nitrogen and oxygen atoms in total. The van der Waals surface area contributed by atoms with Crippen LogP contribution in [0.3, 0.4) is 0 Å². The van der Waals surface area contributed by atoms with E-state index in [-0.39, 0.29) is 0 Å². The third kappa shape index (κ3) is 2.66. The highest BCUT2D eigenvalue weighted by Crippen LogP contribution is 2.16. The number of methoxy groups -OCH3 is 1. The first-order valence-electron chi connectivity index (χ1n) is 6.24. The molecule has 0 atom stereocenters. The van der Waals surface area contributed by atoms with E-state index < -0.39 is 5.76 Å². The van der Waals surface area contributed by atoms with Crippen molar-refractivity contribution in [2.75, 3.05) is 7.11 Å². The summed E-state index contributed by atoms with van der Waals surface area (Å²) in [6.07, 6.45) is 4.61. The first-order valence-corrected chi connectivity index (χ1v) is 6.24. The van der Waals surface area contributed by atoms with E-state index in [1.54, 1.807) is 13.3 Å². The predicted octanol–water partition coefficient (Wildman–Crippen LogP) is 1.35. The summed E-state index contributed by atoms with van der Waals surface area (Å²) in [5.41, 5.74) is 1.37. The van der Waals surface area contributed by atoms with Crippen molar-refractivity contribution in [3.8, 4) is 17.3 Å². The molecule has 0 saturated carbocycles. The van der Waals surface area contributed by atoms with Crippen molar-refractivity contribution < 1.29 is 9.26 Å². The maximum absolute atomic E-state index is 11.8. The second-order valence-corrected chi connectivity index (χ2v) is 4.30. The molecule has 0 unspecified atom stereocenters. The van der Waals surface area contributed by atoms with Gasteiger partial charge in [-0.2, -0.15) is 0 Å². The van der Waals surface area contributed by atoms with Gasteiger partial charge in [-0.3, -0.25) is 14.1 Å². The van der Waals surface area contributed by atoms with Crippen molar-refractivity contribution in [3.63, 3.8) is 0 Å². The van der Waals surface area contributed by atoms with Gasteiger partial charge in [-0.15, -0.1) is 0 Å². The molecule has 0 spiro atoms. The Balaban J connectivity index is 1.99. The zero-order chi connectivity index (χ0) is 14.7. The molecule has 1 aromatic carbocycles. The topological polar surface area (TPSA) is 83.0 Å². The van der Waals surface area contributed by atoms with Crippen LogP contribution in [0, 0.1) is 0 Å². The minimum Gasteiger partial charge on any atom is -0.497 e. The number of benzene rings is 1. The molecule has 3 rings (SSSR count). The molecule has 0 aliphatic heterocycles. The smallest absolute Gasteiger partial charge is 0.442 e. The Kier molecular flexibility index (Phi) is 3.46. The van der Waals surface area contributed by atoms with E-state index in [1.165, 1.54) is 17.0 Å². The van der Waals surface area contributed by atoms with Gasteiger partial charge in [0.15, 0.2) is 0 Å². The molecular weight excluding hydrogens is 272 g/mol. The summed E-state index contributed by atoms with van der Waals surface area (Å²) in [7, 11) is 1.59. The lowest BCUT2D eigenvalue weighted by Gasteiger charge is -2.06. The molecule has 7 heteroatoms. The van der Waals surface area contributed by atoms with E-state index >= 15 is 0 Å². The molecule has 0 bridgehead atoms. The largest absolute Gasteiger partial charge is 0.497 e.